The Morgan fingerprint density at radius 1 is 1.40 bits per heavy atom. The summed E-state index contributed by atoms with van der Waals surface area (Å²) in [5.41, 5.74) is 10.2. The van der Waals surface area contributed by atoms with E-state index in [4.69, 9.17) is 5.73 Å². The van der Waals surface area contributed by atoms with Gasteiger partial charge in [0.1, 0.15) is 0 Å². The van der Waals surface area contributed by atoms with Gasteiger partial charge in [0.2, 0.25) is 0 Å². The van der Waals surface area contributed by atoms with Gasteiger partial charge in [0.15, 0.2) is 0 Å². The average molecular weight is 274 g/mol. The van der Waals surface area contributed by atoms with Crippen molar-refractivity contribution in [3.05, 3.63) is 34.5 Å². The van der Waals surface area contributed by atoms with Crippen molar-refractivity contribution in [3.8, 4) is 0 Å². The first kappa shape index (κ1) is 14.6. The van der Waals surface area contributed by atoms with E-state index in [1.54, 1.807) is 6.07 Å². The van der Waals surface area contributed by atoms with Crippen LogP contribution >= 0.6 is 0 Å². The fourth-order valence-electron chi connectivity index (χ4n) is 2.94. The molecule has 0 bridgehead atoms. The molecule has 1 aromatic heterocycles. The van der Waals surface area contributed by atoms with Crippen LogP contribution in [0, 0.1) is 13.8 Å². The van der Waals surface area contributed by atoms with Gasteiger partial charge in [-0.05, 0) is 62.9 Å². The molecular weight excluding hydrogens is 252 g/mol. The zero-order chi connectivity index (χ0) is 14.9. The maximum atomic E-state index is 11.4. The van der Waals surface area contributed by atoms with Gasteiger partial charge in [0, 0.05) is 18.1 Å². The monoisotopic (exact) mass is 274 g/mol. The van der Waals surface area contributed by atoms with Crippen molar-refractivity contribution < 1.29 is 9.90 Å². The zero-order valence-corrected chi connectivity index (χ0v) is 12.4. The summed E-state index contributed by atoms with van der Waals surface area (Å²) in [6, 6.07) is 1.78. The zero-order valence-electron chi connectivity index (χ0n) is 12.4. The van der Waals surface area contributed by atoms with Gasteiger partial charge in [-0.1, -0.05) is 0 Å². The van der Waals surface area contributed by atoms with Gasteiger partial charge in [-0.25, -0.2) is 4.79 Å². The van der Waals surface area contributed by atoms with E-state index < -0.39 is 5.97 Å². The number of aryl methyl sites for hydroxylation is 4. The van der Waals surface area contributed by atoms with Crippen LogP contribution in [0.25, 0.3) is 10.9 Å². The minimum absolute atomic E-state index is 0.401. The predicted octanol–water partition coefficient (Wildman–Crippen LogP) is 2.87. The summed E-state index contributed by atoms with van der Waals surface area (Å²) in [4.78, 5) is 11.4. The quantitative estimate of drug-likeness (QED) is 0.881. The molecule has 4 heteroatoms. The molecule has 0 saturated heterocycles. The van der Waals surface area contributed by atoms with E-state index in [0.29, 0.717) is 12.1 Å². The van der Waals surface area contributed by atoms with Crippen molar-refractivity contribution >= 4 is 16.9 Å². The average Bonchev–Trinajstić information content (AvgIpc) is 2.79. The van der Waals surface area contributed by atoms with E-state index >= 15 is 0 Å². The van der Waals surface area contributed by atoms with E-state index in [9.17, 15) is 9.90 Å². The van der Waals surface area contributed by atoms with E-state index in [2.05, 4.69) is 17.7 Å². The lowest BCUT2D eigenvalue weighted by Gasteiger charge is -2.10. The molecule has 0 saturated carbocycles. The molecule has 0 fully saturated rings. The Morgan fingerprint density at radius 2 is 2.10 bits per heavy atom. The Morgan fingerprint density at radius 3 is 2.65 bits per heavy atom. The molecular formula is C16H22N2O2. The SMILES string of the molecule is CCn1cc(CCCN)c2c(C)c(C(=O)O)cc(C)c21. The van der Waals surface area contributed by atoms with Crippen LogP contribution in [0.15, 0.2) is 12.3 Å². The minimum atomic E-state index is -0.860. The number of fused-ring (bicyclic) bond motifs is 1. The van der Waals surface area contributed by atoms with Gasteiger partial charge in [0.25, 0.3) is 0 Å². The molecule has 2 rings (SSSR count). The van der Waals surface area contributed by atoms with Crippen LogP contribution in [-0.4, -0.2) is 22.2 Å². The molecule has 0 aliphatic heterocycles. The summed E-state index contributed by atoms with van der Waals surface area (Å²) < 4.78 is 2.20. The number of aromatic nitrogens is 1. The van der Waals surface area contributed by atoms with Crippen LogP contribution in [0.5, 0.6) is 0 Å². The fraction of sp³-hybridized carbons (Fsp3) is 0.438. The number of rotatable bonds is 5. The fourth-order valence-corrected chi connectivity index (χ4v) is 2.94. The van der Waals surface area contributed by atoms with Crippen LogP contribution in [0.2, 0.25) is 0 Å². The Balaban J connectivity index is 2.77. The summed E-state index contributed by atoms with van der Waals surface area (Å²) >= 11 is 0. The molecule has 0 amide bonds. The summed E-state index contributed by atoms with van der Waals surface area (Å²) in [5, 5.41) is 10.4. The van der Waals surface area contributed by atoms with Gasteiger partial charge in [0.05, 0.1) is 11.1 Å². The number of nitrogens with two attached hydrogens (primary N) is 1. The number of hydrogen-bond acceptors (Lipinski definition) is 2. The molecule has 1 aromatic carbocycles. The van der Waals surface area contributed by atoms with Crippen LogP contribution in [-0.2, 0) is 13.0 Å². The first-order valence-electron chi connectivity index (χ1n) is 7.06. The standard InChI is InChI=1S/C16H22N2O2/c1-4-18-9-12(6-5-7-17)14-11(3)13(16(19)20)8-10(2)15(14)18/h8-9H,4-7,17H2,1-3H3,(H,19,20). The number of aromatic carboxylic acids is 1. The Labute approximate surface area is 119 Å². The first-order chi connectivity index (χ1) is 9.51. The van der Waals surface area contributed by atoms with Crippen LogP contribution in [0.3, 0.4) is 0 Å². The molecule has 2 aromatic rings. The van der Waals surface area contributed by atoms with E-state index in [1.807, 2.05) is 13.8 Å². The second-order valence-corrected chi connectivity index (χ2v) is 5.23. The highest BCUT2D eigenvalue weighted by atomic mass is 16.4. The molecule has 0 atom stereocenters. The lowest BCUT2D eigenvalue weighted by molar-refractivity contribution is 0.0696. The van der Waals surface area contributed by atoms with Gasteiger partial charge in [-0.15, -0.1) is 0 Å². The first-order valence-corrected chi connectivity index (χ1v) is 7.06. The molecule has 108 valence electrons. The van der Waals surface area contributed by atoms with Crippen LogP contribution in [0.4, 0.5) is 0 Å². The normalized spacial score (nSPS) is 11.2. The third-order valence-electron chi connectivity index (χ3n) is 3.89. The molecule has 0 unspecified atom stereocenters. The smallest absolute Gasteiger partial charge is 0.335 e. The maximum absolute atomic E-state index is 11.4. The Hall–Kier alpha value is -1.81. The summed E-state index contributed by atoms with van der Waals surface area (Å²) in [6.45, 7) is 7.51. The second-order valence-electron chi connectivity index (χ2n) is 5.23. The van der Waals surface area contributed by atoms with Crippen LogP contribution in [0.1, 0.15) is 40.4 Å². The summed E-state index contributed by atoms with van der Waals surface area (Å²) in [7, 11) is 0. The van der Waals surface area contributed by atoms with Crippen molar-refractivity contribution in [2.24, 2.45) is 5.73 Å². The van der Waals surface area contributed by atoms with Crippen molar-refractivity contribution in [3.63, 3.8) is 0 Å². The molecule has 0 aliphatic carbocycles. The molecule has 0 spiro atoms. The number of carbonyl (C=O) groups is 1. The number of hydrogen-bond donors (Lipinski definition) is 2. The highest BCUT2D eigenvalue weighted by Crippen LogP contribution is 2.31. The number of nitrogens with zero attached hydrogens (tertiary/aromatic N) is 1. The highest BCUT2D eigenvalue weighted by molar-refractivity contribution is 5.99. The van der Waals surface area contributed by atoms with Crippen molar-refractivity contribution in [1.29, 1.82) is 0 Å². The molecule has 0 radical (unpaired) electrons. The van der Waals surface area contributed by atoms with Gasteiger partial charge >= 0.3 is 5.97 Å². The number of carboxylic acids is 1. The largest absolute Gasteiger partial charge is 0.478 e. The second kappa shape index (κ2) is 5.67. The molecule has 20 heavy (non-hydrogen) atoms. The lowest BCUT2D eigenvalue weighted by Crippen LogP contribution is -2.03. The lowest BCUT2D eigenvalue weighted by atomic mass is 9.96. The third kappa shape index (κ3) is 2.31. The predicted molar refractivity (Wildman–Crippen MR) is 81.4 cm³/mol. The molecule has 3 N–H and O–H groups in total. The Kier molecular flexibility index (Phi) is 4.14. The number of benzene rings is 1. The van der Waals surface area contributed by atoms with Crippen molar-refractivity contribution in [2.75, 3.05) is 6.54 Å². The van der Waals surface area contributed by atoms with Gasteiger partial charge in [-0.3, -0.25) is 0 Å². The van der Waals surface area contributed by atoms with Crippen molar-refractivity contribution in [1.82, 2.24) is 4.57 Å². The van der Waals surface area contributed by atoms with E-state index in [1.165, 1.54) is 5.56 Å². The molecule has 1 heterocycles. The Bertz CT molecular complexity index is 656. The molecule has 0 aliphatic rings. The highest BCUT2D eigenvalue weighted by Gasteiger charge is 2.18. The topological polar surface area (TPSA) is 68.2 Å². The van der Waals surface area contributed by atoms with Gasteiger partial charge < -0.3 is 15.4 Å². The van der Waals surface area contributed by atoms with E-state index in [-0.39, 0.29) is 0 Å². The third-order valence-corrected chi connectivity index (χ3v) is 3.89. The molecule has 4 nitrogen and oxygen atoms in total. The van der Waals surface area contributed by atoms with Crippen molar-refractivity contribution in [2.45, 2.75) is 40.2 Å². The summed E-state index contributed by atoms with van der Waals surface area (Å²) in [6.07, 6.45) is 3.95. The van der Waals surface area contributed by atoms with E-state index in [0.717, 1.165) is 41.4 Å². The summed E-state index contributed by atoms with van der Waals surface area (Å²) in [5.74, 6) is -0.860. The van der Waals surface area contributed by atoms with Gasteiger partial charge in [-0.2, -0.15) is 0 Å². The minimum Gasteiger partial charge on any atom is -0.478 e. The maximum Gasteiger partial charge on any atom is 0.335 e. The van der Waals surface area contributed by atoms with Crippen LogP contribution < -0.4 is 5.73 Å². The number of carboxylic acid groups (broad SMARTS) is 1.